The molecule has 3 heterocycles. The first kappa shape index (κ1) is 15.6. The highest BCUT2D eigenvalue weighted by Gasteiger charge is 2.26. The lowest BCUT2D eigenvalue weighted by molar-refractivity contribution is -0.132. The number of thiophene rings is 1. The number of likely N-dealkylation sites (N-methyl/N-ethyl adjacent to an activating group) is 1. The second-order valence-electron chi connectivity index (χ2n) is 5.73. The van der Waals surface area contributed by atoms with E-state index in [1.165, 1.54) is 17.0 Å². The van der Waals surface area contributed by atoms with Crippen LogP contribution in [0.1, 0.15) is 23.5 Å². The fourth-order valence-electron chi connectivity index (χ4n) is 2.90. The lowest BCUT2D eigenvalue weighted by atomic mass is 10.1. The van der Waals surface area contributed by atoms with E-state index < -0.39 is 0 Å². The van der Waals surface area contributed by atoms with Gasteiger partial charge < -0.3 is 9.47 Å². The van der Waals surface area contributed by atoms with Gasteiger partial charge in [-0.1, -0.05) is 11.6 Å². The lowest BCUT2D eigenvalue weighted by Gasteiger charge is -2.35. The van der Waals surface area contributed by atoms with Crippen molar-refractivity contribution in [3.05, 3.63) is 45.4 Å². The molecule has 1 unspecified atom stereocenters. The van der Waals surface area contributed by atoms with Gasteiger partial charge in [-0.15, -0.1) is 11.3 Å². The number of rotatable bonds is 4. The SMILES string of the molecule is CC1c2cccn2CCN1CC(=O)N(C)Cc1ccc(Cl)s1. The lowest BCUT2D eigenvalue weighted by Crippen LogP contribution is -2.43. The molecule has 0 radical (unpaired) electrons. The summed E-state index contributed by atoms with van der Waals surface area (Å²) < 4.78 is 3.03. The predicted octanol–water partition coefficient (Wildman–Crippen LogP) is 3.24. The molecular weight excluding hydrogens is 318 g/mol. The van der Waals surface area contributed by atoms with Gasteiger partial charge in [0.05, 0.1) is 17.4 Å². The van der Waals surface area contributed by atoms with Crippen LogP contribution in [0.3, 0.4) is 0 Å². The van der Waals surface area contributed by atoms with Crippen LogP contribution in [0.4, 0.5) is 0 Å². The fourth-order valence-corrected chi connectivity index (χ4v) is 4.04. The molecular formula is C16H20ClN3OS. The first-order chi connectivity index (χ1) is 10.5. The molecule has 118 valence electrons. The number of nitrogens with zero attached hydrogens (tertiary/aromatic N) is 3. The fraction of sp³-hybridized carbons (Fsp3) is 0.438. The molecule has 0 N–H and O–H groups in total. The van der Waals surface area contributed by atoms with E-state index in [1.807, 2.05) is 19.2 Å². The molecule has 2 aromatic heterocycles. The molecule has 2 aromatic rings. The van der Waals surface area contributed by atoms with Crippen LogP contribution in [0.2, 0.25) is 4.34 Å². The van der Waals surface area contributed by atoms with E-state index in [2.05, 4.69) is 34.7 Å². The van der Waals surface area contributed by atoms with Gasteiger partial charge in [-0.25, -0.2) is 0 Å². The van der Waals surface area contributed by atoms with E-state index in [4.69, 9.17) is 11.6 Å². The first-order valence-electron chi connectivity index (χ1n) is 7.42. The quantitative estimate of drug-likeness (QED) is 0.857. The summed E-state index contributed by atoms with van der Waals surface area (Å²) in [6, 6.07) is 8.34. The van der Waals surface area contributed by atoms with Gasteiger partial charge >= 0.3 is 0 Å². The normalized spacial score (nSPS) is 18.2. The Morgan fingerprint density at radius 2 is 2.23 bits per heavy atom. The number of hydrogen-bond donors (Lipinski definition) is 0. The van der Waals surface area contributed by atoms with Crippen LogP contribution in [0.5, 0.6) is 0 Å². The minimum absolute atomic E-state index is 0.149. The molecule has 1 amide bonds. The second-order valence-corrected chi connectivity index (χ2v) is 7.53. The number of carbonyl (C=O) groups excluding carboxylic acids is 1. The predicted molar refractivity (Wildman–Crippen MR) is 90.2 cm³/mol. The molecule has 3 rings (SSSR count). The minimum Gasteiger partial charge on any atom is -0.349 e. The number of halogens is 1. The molecule has 0 aromatic carbocycles. The standard InChI is InChI=1S/C16H20ClN3OS/c1-12-14-4-3-7-19(14)8-9-20(12)11-16(21)18(2)10-13-5-6-15(17)22-13/h3-7,12H,8-11H2,1-2H3. The van der Waals surface area contributed by atoms with Crippen molar-refractivity contribution < 1.29 is 4.79 Å². The molecule has 6 heteroatoms. The maximum Gasteiger partial charge on any atom is 0.236 e. The average molecular weight is 338 g/mol. The van der Waals surface area contributed by atoms with Crippen molar-refractivity contribution in [2.45, 2.75) is 26.1 Å². The second kappa shape index (κ2) is 6.44. The van der Waals surface area contributed by atoms with Crippen LogP contribution in [0.25, 0.3) is 0 Å². The van der Waals surface area contributed by atoms with E-state index in [0.29, 0.717) is 13.1 Å². The van der Waals surface area contributed by atoms with Gasteiger partial charge in [0, 0.05) is 42.9 Å². The number of hydrogen-bond acceptors (Lipinski definition) is 3. The Bertz CT molecular complexity index is 666. The molecule has 0 bridgehead atoms. The van der Waals surface area contributed by atoms with Crippen LogP contribution in [0.15, 0.2) is 30.5 Å². The Morgan fingerprint density at radius 3 is 2.95 bits per heavy atom. The van der Waals surface area contributed by atoms with Crippen molar-refractivity contribution in [1.82, 2.24) is 14.4 Å². The summed E-state index contributed by atoms with van der Waals surface area (Å²) in [5, 5.41) is 0. The number of fused-ring (bicyclic) bond motifs is 1. The Morgan fingerprint density at radius 1 is 1.41 bits per heavy atom. The first-order valence-corrected chi connectivity index (χ1v) is 8.61. The van der Waals surface area contributed by atoms with Crippen LogP contribution in [0, 0.1) is 0 Å². The third-order valence-corrected chi connectivity index (χ3v) is 5.47. The Labute approximate surface area is 139 Å². The Balaban J connectivity index is 1.60. The van der Waals surface area contributed by atoms with Crippen molar-refractivity contribution in [3.8, 4) is 0 Å². The molecule has 0 aliphatic carbocycles. The highest BCUT2D eigenvalue weighted by molar-refractivity contribution is 7.16. The van der Waals surface area contributed by atoms with Crippen LogP contribution < -0.4 is 0 Å². The molecule has 1 atom stereocenters. The molecule has 0 fully saturated rings. The van der Waals surface area contributed by atoms with E-state index in [-0.39, 0.29) is 11.9 Å². The summed E-state index contributed by atoms with van der Waals surface area (Å²) in [7, 11) is 1.85. The Hall–Kier alpha value is -1.30. The summed E-state index contributed by atoms with van der Waals surface area (Å²) >= 11 is 7.47. The van der Waals surface area contributed by atoms with Crippen LogP contribution >= 0.6 is 22.9 Å². The zero-order valence-electron chi connectivity index (χ0n) is 12.8. The van der Waals surface area contributed by atoms with E-state index in [0.717, 1.165) is 22.3 Å². The molecule has 0 saturated heterocycles. The third kappa shape index (κ3) is 3.21. The van der Waals surface area contributed by atoms with Crippen LogP contribution in [-0.4, -0.2) is 40.4 Å². The van der Waals surface area contributed by atoms with Gasteiger partial charge in [0.1, 0.15) is 0 Å². The molecule has 1 aliphatic heterocycles. The molecule has 0 spiro atoms. The highest BCUT2D eigenvalue weighted by Crippen LogP contribution is 2.25. The van der Waals surface area contributed by atoms with E-state index >= 15 is 0 Å². The van der Waals surface area contributed by atoms with Crippen molar-refractivity contribution in [2.24, 2.45) is 0 Å². The van der Waals surface area contributed by atoms with Crippen molar-refractivity contribution >= 4 is 28.8 Å². The van der Waals surface area contributed by atoms with E-state index in [1.54, 1.807) is 4.90 Å². The van der Waals surface area contributed by atoms with Gasteiger partial charge in [0.15, 0.2) is 0 Å². The minimum atomic E-state index is 0.149. The van der Waals surface area contributed by atoms with Gasteiger partial charge in [0.2, 0.25) is 5.91 Å². The molecule has 1 aliphatic rings. The number of aromatic nitrogens is 1. The Kier molecular flexibility index (Phi) is 4.57. The number of carbonyl (C=O) groups is 1. The zero-order chi connectivity index (χ0) is 15.7. The smallest absolute Gasteiger partial charge is 0.236 e. The summed E-state index contributed by atoms with van der Waals surface area (Å²) in [6.07, 6.45) is 2.11. The van der Waals surface area contributed by atoms with Crippen molar-refractivity contribution in [1.29, 1.82) is 0 Å². The van der Waals surface area contributed by atoms with Crippen molar-refractivity contribution in [2.75, 3.05) is 20.1 Å². The van der Waals surface area contributed by atoms with Crippen LogP contribution in [-0.2, 0) is 17.9 Å². The summed E-state index contributed by atoms with van der Waals surface area (Å²) in [4.78, 5) is 17.6. The summed E-state index contributed by atoms with van der Waals surface area (Å²) in [6.45, 7) is 5.10. The van der Waals surface area contributed by atoms with Gasteiger partial charge in [-0.05, 0) is 31.2 Å². The molecule has 0 saturated carbocycles. The molecule has 22 heavy (non-hydrogen) atoms. The monoisotopic (exact) mass is 337 g/mol. The van der Waals surface area contributed by atoms with Crippen molar-refractivity contribution in [3.63, 3.8) is 0 Å². The summed E-state index contributed by atoms with van der Waals surface area (Å²) in [5.41, 5.74) is 1.28. The van der Waals surface area contributed by atoms with Gasteiger partial charge in [-0.3, -0.25) is 9.69 Å². The third-order valence-electron chi connectivity index (χ3n) is 4.25. The average Bonchev–Trinajstić information content (AvgIpc) is 3.11. The number of amides is 1. The van der Waals surface area contributed by atoms with Gasteiger partial charge in [0.25, 0.3) is 0 Å². The van der Waals surface area contributed by atoms with E-state index in [9.17, 15) is 4.79 Å². The molecule has 4 nitrogen and oxygen atoms in total. The zero-order valence-corrected chi connectivity index (χ0v) is 14.4. The maximum atomic E-state index is 12.5. The maximum absolute atomic E-state index is 12.5. The summed E-state index contributed by atoms with van der Waals surface area (Å²) in [5.74, 6) is 0.149. The largest absolute Gasteiger partial charge is 0.349 e. The highest BCUT2D eigenvalue weighted by atomic mass is 35.5. The topological polar surface area (TPSA) is 28.5 Å². The van der Waals surface area contributed by atoms with Gasteiger partial charge in [-0.2, -0.15) is 0 Å².